The third-order valence-corrected chi connectivity index (χ3v) is 2.61. The van der Waals surface area contributed by atoms with Gasteiger partial charge in [-0.05, 0) is 32.0 Å². The van der Waals surface area contributed by atoms with Gasteiger partial charge in [0.15, 0.2) is 0 Å². The molecule has 0 aliphatic heterocycles. The summed E-state index contributed by atoms with van der Waals surface area (Å²) in [4.78, 5) is 0. The van der Waals surface area contributed by atoms with E-state index in [-0.39, 0.29) is 12.1 Å². The minimum atomic E-state index is -0.328. The van der Waals surface area contributed by atoms with Crippen LogP contribution in [0.2, 0.25) is 0 Å². The predicted molar refractivity (Wildman–Crippen MR) is 54.7 cm³/mol. The lowest BCUT2D eigenvalue weighted by Crippen LogP contribution is -2.40. The largest absolute Gasteiger partial charge is 0.394 e. The van der Waals surface area contributed by atoms with Crippen LogP contribution in [-0.2, 0) is 5.54 Å². The van der Waals surface area contributed by atoms with E-state index in [9.17, 15) is 5.11 Å². The monoisotopic (exact) mass is 179 g/mol. The van der Waals surface area contributed by atoms with Crippen LogP contribution in [0.4, 0.5) is 0 Å². The normalized spacial score (nSPS) is 15.4. The third kappa shape index (κ3) is 1.90. The van der Waals surface area contributed by atoms with Crippen LogP contribution in [0.25, 0.3) is 0 Å². The Balaban J connectivity index is 3.12. The Labute approximate surface area is 79.6 Å². The van der Waals surface area contributed by atoms with Crippen molar-refractivity contribution >= 4 is 0 Å². The molecular formula is C11H17NO. The van der Waals surface area contributed by atoms with Crippen molar-refractivity contribution in [3.63, 3.8) is 0 Å². The average Bonchev–Trinajstić information content (AvgIpc) is 2.17. The molecule has 13 heavy (non-hydrogen) atoms. The molecule has 0 amide bonds. The number of rotatable bonds is 3. The summed E-state index contributed by atoms with van der Waals surface area (Å²) in [6.07, 6.45) is 0. The molecule has 2 heteroatoms. The second-order valence-corrected chi connectivity index (χ2v) is 3.56. The van der Waals surface area contributed by atoms with Gasteiger partial charge in [-0.1, -0.05) is 24.3 Å². The first-order valence-electron chi connectivity index (χ1n) is 4.50. The summed E-state index contributed by atoms with van der Waals surface area (Å²) >= 11 is 0. The van der Waals surface area contributed by atoms with Gasteiger partial charge >= 0.3 is 0 Å². The lowest BCUT2D eigenvalue weighted by Gasteiger charge is -2.28. The minimum absolute atomic E-state index is 0.106. The number of nitrogens with one attached hydrogen (secondary N) is 1. The van der Waals surface area contributed by atoms with E-state index in [4.69, 9.17) is 0 Å². The Morgan fingerprint density at radius 1 is 1.38 bits per heavy atom. The van der Waals surface area contributed by atoms with Crippen LogP contribution in [0.15, 0.2) is 24.3 Å². The van der Waals surface area contributed by atoms with Crippen LogP contribution in [0.1, 0.15) is 18.1 Å². The van der Waals surface area contributed by atoms with Gasteiger partial charge < -0.3 is 10.4 Å². The van der Waals surface area contributed by atoms with Crippen molar-refractivity contribution < 1.29 is 5.11 Å². The zero-order chi connectivity index (χ0) is 9.90. The molecule has 1 rings (SSSR count). The topological polar surface area (TPSA) is 32.3 Å². The fraction of sp³-hybridized carbons (Fsp3) is 0.455. The third-order valence-electron chi connectivity index (χ3n) is 2.61. The summed E-state index contributed by atoms with van der Waals surface area (Å²) in [5.74, 6) is 0. The molecule has 0 aromatic heterocycles. The van der Waals surface area contributed by atoms with Crippen molar-refractivity contribution in [3.8, 4) is 0 Å². The maximum absolute atomic E-state index is 9.30. The first-order chi connectivity index (χ1) is 6.14. The standard InChI is InChI=1S/C11H17NO/c1-9-6-4-5-7-10(9)11(2,8-13)12-3/h4-7,12-13H,8H2,1-3H3/t11-/m0/s1. The zero-order valence-corrected chi connectivity index (χ0v) is 8.46. The van der Waals surface area contributed by atoms with E-state index in [1.165, 1.54) is 5.56 Å². The molecule has 0 unspecified atom stereocenters. The van der Waals surface area contributed by atoms with Gasteiger partial charge in [0.25, 0.3) is 0 Å². The second kappa shape index (κ2) is 3.90. The molecule has 1 aromatic rings. The molecule has 1 aromatic carbocycles. The van der Waals surface area contributed by atoms with Crippen molar-refractivity contribution in [2.45, 2.75) is 19.4 Å². The molecule has 2 nitrogen and oxygen atoms in total. The quantitative estimate of drug-likeness (QED) is 0.735. The molecule has 72 valence electrons. The summed E-state index contributed by atoms with van der Waals surface area (Å²) in [7, 11) is 1.86. The van der Waals surface area contributed by atoms with E-state index < -0.39 is 0 Å². The van der Waals surface area contributed by atoms with E-state index in [1.807, 2.05) is 32.2 Å². The number of aliphatic hydroxyl groups excluding tert-OH is 1. The highest BCUT2D eigenvalue weighted by Gasteiger charge is 2.24. The van der Waals surface area contributed by atoms with Crippen LogP contribution in [0.5, 0.6) is 0 Å². The first-order valence-corrected chi connectivity index (χ1v) is 4.50. The average molecular weight is 179 g/mol. The SMILES string of the molecule is CN[C@@](C)(CO)c1ccccc1C. The van der Waals surface area contributed by atoms with Gasteiger partial charge in [-0.15, -0.1) is 0 Å². The van der Waals surface area contributed by atoms with Crippen molar-refractivity contribution in [1.82, 2.24) is 5.32 Å². The molecule has 0 heterocycles. The lowest BCUT2D eigenvalue weighted by atomic mass is 9.89. The lowest BCUT2D eigenvalue weighted by molar-refractivity contribution is 0.183. The maximum Gasteiger partial charge on any atom is 0.0652 e. The Morgan fingerprint density at radius 3 is 2.46 bits per heavy atom. The Hall–Kier alpha value is -0.860. The highest BCUT2D eigenvalue weighted by Crippen LogP contribution is 2.22. The number of aliphatic hydroxyl groups is 1. The van der Waals surface area contributed by atoms with Crippen LogP contribution in [0.3, 0.4) is 0 Å². The Bertz CT molecular complexity index is 279. The number of hydrogen-bond acceptors (Lipinski definition) is 2. The van der Waals surface area contributed by atoms with Crippen molar-refractivity contribution in [2.24, 2.45) is 0 Å². The molecule has 0 fully saturated rings. The summed E-state index contributed by atoms with van der Waals surface area (Å²) in [6.45, 7) is 4.16. The van der Waals surface area contributed by atoms with Crippen LogP contribution < -0.4 is 5.32 Å². The van der Waals surface area contributed by atoms with Gasteiger partial charge in [0, 0.05) is 0 Å². The molecule has 0 saturated carbocycles. The zero-order valence-electron chi connectivity index (χ0n) is 8.46. The molecule has 0 aliphatic carbocycles. The van der Waals surface area contributed by atoms with E-state index in [2.05, 4.69) is 18.3 Å². The second-order valence-electron chi connectivity index (χ2n) is 3.56. The molecule has 0 aliphatic rings. The van der Waals surface area contributed by atoms with Crippen molar-refractivity contribution in [2.75, 3.05) is 13.7 Å². The Morgan fingerprint density at radius 2 is 2.00 bits per heavy atom. The summed E-state index contributed by atoms with van der Waals surface area (Å²) in [5, 5.41) is 12.4. The van der Waals surface area contributed by atoms with E-state index in [1.54, 1.807) is 0 Å². The van der Waals surface area contributed by atoms with Crippen molar-refractivity contribution in [1.29, 1.82) is 0 Å². The van der Waals surface area contributed by atoms with E-state index in [0.29, 0.717) is 0 Å². The predicted octanol–water partition coefficient (Wildman–Crippen LogP) is 1.42. The van der Waals surface area contributed by atoms with Gasteiger partial charge in [0.2, 0.25) is 0 Å². The van der Waals surface area contributed by atoms with Crippen molar-refractivity contribution in [3.05, 3.63) is 35.4 Å². The van der Waals surface area contributed by atoms with Gasteiger partial charge in [-0.3, -0.25) is 0 Å². The number of hydrogen-bond donors (Lipinski definition) is 2. The molecule has 0 bridgehead atoms. The molecule has 2 N–H and O–H groups in total. The molecule has 1 atom stereocenters. The number of aryl methyl sites for hydroxylation is 1. The fourth-order valence-electron chi connectivity index (χ4n) is 1.49. The summed E-state index contributed by atoms with van der Waals surface area (Å²) in [6, 6.07) is 8.10. The molecule has 0 saturated heterocycles. The highest BCUT2D eigenvalue weighted by molar-refractivity contribution is 5.32. The minimum Gasteiger partial charge on any atom is -0.394 e. The van der Waals surface area contributed by atoms with Gasteiger partial charge in [-0.2, -0.15) is 0 Å². The number of benzene rings is 1. The molecular weight excluding hydrogens is 162 g/mol. The van der Waals surface area contributed by atoms with E-state index >= 15 is 0 Å². The van der Waals surface area contributed by atoms with E-state index in [0.717, 1.165) is 5.56 Å². The Kier molecular flexibility index (Phi) is 3.07. The summed E-state index contributed by atoms with van der Waals surface area (Å²) < 4.78 is 0. The smallest absolute Gasteiger partial charge is 0.0652 e. The molecule has 0 spiro atoms. The maximum atomic E-state index is 9.30. The highest BCUT2D eigenvalue weighted by atomic mass is 16.3. The van der Waals surface area contributed by atoms with Crippen LogP contribution in [0, 0.1) is 6.92 Å². The first kappa shape index (κ1) is 10.2. The number of likely N-dealkylation sites (N-methyl/N-ethyl adjacent to an activating group) is 1. The summed E-state index contributed by atoms with van der Waals surface area (Å²) in [5.41, 5.74) is 2.03. The van der Waals surface area contributed by atoms with Gasteiger partial charge in [0.05, 0.1) is 12.1 Å². The van der Waals surface area contributed by atoms with Gasteiger partial charge in [0.1, 0.15) is 0 Å². The van der Waals surface area contributed by atoms with Crippen LogP contribution >= 0.6 is 0 Å². The van der Waals surface area contributed by atoms with Crippen LogP contribution in [-0.4, -0.2) is 18.8 Å². The van der Waals surface area contributed by atoms with Gasteiger partial charge in [-0.25, -0.2) is 0 Å². The fourth-order valence-corrected chi connectivity index (χ4v) is 1.49. The molecule has 0 radical (unpaired) electrons.